The fraction of sp³-hybridized carbons (Fsp3) is 0.625. The molecule has 0 N–H and O–H groups in total. The SMILES string of the molecule is O=C(N1CCn2cnnc2C1)C(F)(F)C(F)F. The van der Waals surface area contributed by atoms with E-state index in [9.17, 15) is 22.4 Å². The summed E-state index contributed by atoms with van der Waals surface area (Å²) < 4.78 is 51.3. The second-order valence-corrected chi connectivity index (χ2v) is 3.59. The number of alkyl halides is 4. The molecule has 0 saturated heterocycles. The normalized spacial score (nSPS) is 16.2. The molecule has 1 amide bonds. The quantitative estimate of drug-likeness (QED) is 0.721. The highest BCUT2D eigenvalue weighted by Crippen LogP contribution is 2.26. The van der Waals surface area contributed by atoms with Crippen molar-refractivity contribution < 1.29 is 22.4 Å². The van der Waals surface area contributed by atoms with E-state index in [1.807, 2.05) is 0 Å². The van der Waals surface area contributed by atoms with Crippen LogP contribution in [0.25, 0.3) is 0 Å². The molecule has 0 aliphatic carbocycles. The van der Waals surface area contributed by atoms with Gasteiger partial charge < -0.3 is 9.47 Å². The molecular weight excluding hydrogens is 244 g/mol. The molecule has 0 radical (unpaired) electrons. The maximum Gasteiger partial charge on any atom is 0.383 e. The first-order chi connectivity index (χ1) is 7.93. The lowest BCUT2D eigenvalue weighted by Crippen LogP contribution is -2.50. The van der Waals surface area contributed by atoms with Gasteiger partial charge in [0.05, 0.1) is 6.54 Å². The number of carbonyl (C=O) groups is 1. The van der Waals surface area contributed by atoms with Crippen molar-refractivity contribution in [3.8, 4) is 0 Å². The van der Waals surface area contributed by atoms with Gasteiger partial charge in [-0.2, -0.15) is 8.78 Å². The van der Waals surface area contributed by atoms with Crippen LogP contribution >= 0.6 is 0 Å². The van der Waals surface area contributed by atoms with Gasteiger partial charge in [0.1, 0.15) is 6.33 Å². The van der Waals surface area contributed by atoms with E-state index < -0.39 is 18.3 Å². The minimum absolute atomic E-state index is 0.0633. The van der Waals surface area contributed by atoms with Gasteiger partial charge in [-0.3, -0.25) is 4.79 Å². The Morgan fingerprint density at radius 3 is 2.76 bits per heavy atom. The van der Waals surface area contributed by atoms with Crippen LogP contribution in [0.15, 0.2) is 6.33 Å². The van der Waals surface area contributed by atoms with Gasteiger partial charge in [-0.15, -0.1) is 10.2 Å². The average molecular weight is 252 g/mol. The third-order valence-corrected chi connectivity index (χ3v) is 2.49. The molecule has 0 bridgehead atoms. The highest BCUT2D eigenvalue weighted by atomic mass is 19.3. The minimum atomic E-state index is -4.65. The lowest BCUT2D eigenvalue weighted by molar-refractivity contribution is -0.182. The van der Waals surface area contributed by atoms with Crippen LogP contribution in [0, 0.1) is 0 Å². The monoisotopic (exact) mass is 252 g/mol. The zero-order chi connectivity index (χ0) is 12.6. The molecule has 2 heterocycles. The Bertz CT molecular complexity index is 433. The van der Waals surface area contributed by atoms with E-state index in [1.54, 1.807) is 4.57 Å². The third-order valence-electron chi connectivity index (χ3n) is 2.49. The van der Waals surface area contributed by atoms with Gasteiger partial charge in [-0.05, 0) is 0 Å². The Balaban J connectivity index is 2.14. The molecule has 1 aromatic rings. The Labute approximate surface area is 93.0 Å². The Hall–Kier alpha value is -1.67. The van der Waals surface area contributed by atoms with E-state index in [4.69, 9.17) is 0 Å². The van der Waals surface area contributed by atoms with Crippen molar-refractivity contribution in [2.24, 2.45) is 0 Å². The molecule has 0 fully saturated rings. The van der Waals surface area contributed by atoms with E-state index in [2.05, 4.69) is 10.2 Å². The van der Waals surface area contributed by atoms with Gasteiger partial charge in [-0.25, -0.2) is 8.78 Å². The number of hydrogen-bond donors (Lipinski definition) is 0. The van der Waals surface area contributed by atoms with E-state index in [0.29, 0.717) is 10.7 Å². The van der Waals surface area contributed by atoms with E-state index in [1.165, 1.54) is 6.33 Å². The fourth-order valence-corrected chi connectivity index (χ4v) is 1.54. The van der Waals surface area contributed by atoms with Gasteiger partial charge in [0.2, 0.25) is 0 Å². The summed E-state index contributed by atoms with van der Waals surface area (Å²) in [7, 11) is 0. The molecule has 0 saturated carbocycles. The number of carbonyl (C=O) groups excluding carboxylic acids is 1. The molecule has 1 aliphatic rings. The third kappa shape index (κ3) is 1.96. The molecule has 94 valence electrons. The summed E-state index contributed by atoms with van der Waals surface area (Å²) in [6.45, 7) is -0.0826. The first kappa shape index (κ1) is 11.8. The molecule has 9 heteroatoms. The summed E-state index contributed by atoms with van der Waals surface area (Å²) in [5.74, 6) is -6.22. The van der Waals surface area contributed by atoms with Crippen LogP contribution in [0.4, 0.5) is 17.6 Å². The number of aromatic nitrogens is 3. The lowest BCUT2D eigenvalue weighted by Gasteiger charge is -2.29. The molecule has 0 atom stereocenters. The Morgan fingerprint density at radius 1 is 1.41 bits per heavy atom. The molecule has 5 nitrogen and oxygen atoms in total. The van der Waals surface area contributed by atoms with Crippen molar-refractivity contribution >= 4 is 5.91 Å². The van der Waals surface area contributed by atoms with Crippen molar-refractivity contribution in [2.75, 3.05) is 6.54 Å². The molecular formula is C8H8F4N4O. The van der Waals surface area contributed by atoms with E-state index in [-0.39, 0.29) is 19.6 Å². The maximum atomic E-state index is 12.8. The lowest BCUT2D eigenvalue weighted by atomic mass is 10.2. The number of amides is 1. The summed E-state index contributed by atoms with van der Waals surface area (Å²) in [4.78, 5) is 11.9. The van der Waals surface area contributed by atoms with Crippen molar-refractivity contribution in [2.45, 2.75) is 25.4 Å². The number of hydrogen-bond acceptors (Lipinski definition) is 3. The largest absolute Gasteiger partial charge is 0.383 e. The second kappa shape index (κ2) is 3.97. The summed E-state index contributed by atoms with van der Waals surface area (Å²) in [6.07, 6.45) is -2.61. The van der Waals surface area contributed by atoms with Crippen molar-refractivity contribution in [3.63, 3.8) is 0 Å². The van der Waals surface area contributed by atoms with Gasteiger partial charge >= 0.3 is 12.3 Å². The van der Waals surface area contributed by atoms with Crippen LogP contribution in [-0.4, -0.2) is 44.5 Å². The highest BCUT2D eigenvalue weighted by Gasteiger charge is 2.51. The molecule has 1 aromatic heterocycles. The average Bonchev–Trinajstić information content (AvgIpc) is 2.74. The summed E-state index contributed by atoms with van der Waals surface area (Å²) in [6, 6.07) is 0. The van der Waals surface area contributed by atoms with Gasteiger partial charge in [0.15, 0.2) is 5.82 Å². The van der Waals surface area contributed by atoms with Gasteiger partial charge in [0.25, 0.3) is 5.91 Å². The number of nitrogens with zero attached hydrogens (tertiary/aromatic N) is 4. The first-order valence-electron chi connectivity index (χ1n) is 4.75. The van der Waals surface area contributed by atoms with Crippen LogP contribution in [-0.2, 0) is 17.9 Å². The number of rotatable bonds is 2. The highest BCUT2D eigenvalue weighted by molar-refractivity contribution is 5.84. The number of halogens is 4. The smallest absolute Gasteiger partial charge is 0.328 e. The Morgan fingerprint density at radius 2 is 2.12 bits per heavy atom. The molecule has 0 unspecified atom stereocenters. The van der Waals surface area contributed by atoms with Crippen LogP contribution in [0.3, 0.4) is 0 Å². The molecule has 0 spiro atoms. The summed E-state index contributed by atoms with van der Waals surface area (Å²) in [5.41, 5.74) is 0. The fourth-order valence-electron chi connectivity index (χ4n) is 1.54. The summed E-state index contributed by atoms with van der Waals surface area (Å²) >= 11 is 0. The molecule has 1 aliphatic heterocycles. The van der Waals surface area contributed by atoms with Crippen LogP contribution in [0.1, 0.15) is 5.82 Å². The second-order valence-electron chi connectivity index (χ2n) is 3.59. The molecule has 17 heavy (non-hydrogen) atoms. The van der Waals surface area contributed by atoms with Crippen molar-refractivity contribution in [1.29, 1.82) is 0 Å². The zero-order valence-electron chi connectivity index (χ0n) is 8.48. The van der Waals surface area contributed by atoms with Crippen LogP contribution < -0.4 is 0 Å². The molecule has 0 aromatic carbocycles. The predicted octanol–water partition coefficient (Wildman–Crippen LogP) is 0.521. The van der Waals surface area contributed by atoms with Gasteiger partial charge in [-0.1, -0.05) is 0 Å². The minimum Gasteiger partial charge on any atom is -0.328 e. The Kier molecular flexibility index (Phi) is 2.76. The zero-order valence-corrected chi connectivity index (χ0v) is 8.48. The van der Waals surface area contributed by atoms with Crippen molar-refractivity contribution in [1.82, 2.24) is 19.7 Å². The maximum absolute atomic E-state index is 12.8. The van der Waals surface area contributed by atoms with Crippen molar-refractivity contribution in [3.05, 3.63) is 12.2 Å². The van der Waals surface area contributed by atoms with Crippen LogP contribution in [0.2, 0.25) is 0 Å². The topological polar surface area (TPSA) is 51.0 Å². The standard InChI is InChI=1S/C8H8F4N4O/c9-6(10)8(11,12)7(17)15-1-2-16-4-13-14-5(16)3-15/h4,6H,1-3H2. The molecule has 2 rings (SSSR count). The number of fused-ring (bicyclic) bond motifs is 1. The summed E-state index contributed by atoms with van der Waals surface area (Å²) in [5, 5.41) is 7.14. The van der Waals surface area contributed by atoms with Crippen LogP contribution in [0.5, 0.6) is 0 Å². The predicted molar refractivity (Wildman–Crippen MR) is 46.4 cm³/mol. The van der Waals surface area contributed by atoms with E-state index >= 15 is 0 Å². The first-order valence-corrected chi connectivity index (χ1v) is 4.75. The van der Waals surface area contributed by atoms with E-state index in [0.717, 1.165) is 0 Å². The van der Waals surface area contributed by atoms with Gasteiger partial charge in [0, 0.05) is 13.1 Å².